The van der Waals surface area contributed by atoms with Gasteiger partial charge >= 0.3 is 0 Å². The van der Waals surface area contributed by atoms with Crippen molar-refractivity contribution in [2.75, 3.05) is 7.05 Å². The minimum atomic E-state index is -0.558. The van der Waals surface area contributed by atoms with Gasteiger partial charge in [-0.25, -0.2) is 4.39 Å². The Morgan fingerprint density at radius 1 is 1.58 bits per heavy atom. The minimum Gasteiger partial charge on any atom is -0.340 e. The zero-order valence-electron chi connectivity index (χ0n) is 11.2. The van der Waals surface area contributed by atoms with Crippen LogP contribution in [-0.2, 0) is 11.3 Å². The van der Waals surface area contributed by atoms with Crippen LogP contribution in [0.15, 0.2) is 18.2 Å². The van der Waals surface area contributed by atoms with Crippen molar-refractivity contribution in [1.82, 2.24) is 4.90 Å². The molecule has 4 nitrogen and oxygen atoms in total. The number of nitriles is 1. The highest BCUT2D eigenvalue weighted by Crippen LogP contribution is 2.13. The Balaban J connectivity index is 2.79. The molecule has 102 valence electrons. The molecule has 0 aliphatic rings. The van der Waals surface area contributed by atoms with Gasteiger partial charge in [0.1, 0.15) is 5.82 Å². The molecule has 0 saturated carbocycles. The molecule has 0 aliphatic heterocycles. The number of benzene rings is 1. The Morgan fingerprint density at radius 2 is 2.26 bits per heavy atom. The molecule has 0 aliphatic carbocycles. The molecule has 0 heterocycles. The molecule has 0 saturated heterocycles. The zero-order chi connectivity index (χ0) is 14.4. The maximum atomic E-state index is 13.6. The third kappa shape index (κ3) is 4.04. The lowest BCUT2D eigenvalue weighted by atomic mass is 10.1. The molecule has 0 bridgehead atoms. The van der Waals surface area contributed by atoms with Crippen LogP contribution in [0.4, 0.5) is 4.39 Å². The molecule has 1 aromatic carbocycles. The minimum absolute atomic E-state index is 0.109. The van der Waals surface area contributed by atoms with E-state index < -0.39 is 11.9 Å². The summed E-state index contributed by atoms with van der Waals surface area (Å²) in [6.07, 6.45) is 1.42. The van der Waals surface area contributed by atoms with Gasteiger partial charge < -0.3 is 10.6 Å². The maximum Gasteiger partial charge on any atom is 0.239 e. The van der Waals surface area contributed by atoms with Crippen molar-refractivity contribution in [1.29, 1.82) is 5.26 Å². The number of nitrogens with zero attached hydrogens (tertiary/aromatic N) is 2. The van der Waals surface area contributed by atoms with Crippen molar-refractivity contribution in [2.24, 2.45) is 5.73 Å². The van der Waals surface area contributed by atoms with Crippen LogP contribution in [0, 0.1) is 17.1 Å². The summed E-state index contributed by atoms with van der Waals surface area (Å²) in [5, 5.41) is 8.78. The molecule has 2 N–H and O–H groups in total. The largest absolute Gasteiger partial charge is 0.340 e. The van der Waals surface area contributed by atoms with E-state index in [0.717, 1.165) is 6.42 Å². The number of carbonyl (C=O) groups excluding carboxylic acids is 1. The first kappa shape index (κ1) is 15.1. The number of likely N-dealkylation sites (N-methyl/N-ethyl adjacent to an activating group) is 1. The van der Waals surface area contributed by atoms with E-state index in [4.69, 9.17) is 11.0 Å². The van der Waals surface area contributed by atoms with Crippen LogP contribution in [0.2, 0.25) is 0 Å². The Labute approximate surface area is 112 Å². The number of amides is 1. The van der Waals surface area contributed by atoms with E-state index in [1.54, 1.807) is 7.05 Å². The van der Waals surface area contributed by atoms with Crippen LogP contribution in [0.1, 0.15) is 30.9 Å². The molecule has 0 radical (unpaired) electrons. The molecular weight excluding hydrogens is 245 g/mol. The van der Waals surface area contributed by atoms with Gasteiger partial charge in [0.15, 0.2) is 0 Å². The molecule has 19 heavy (non-hydrogen) atoms. The van der Waals surface area contributed by atoms with Gasteiger partial charge in [0.05, 0.1) is 17.7 Å². The first-order valence-corrected chi connectivity index (χ1v) is 6.18. The SMILES string of the molecule is CCC[C@H](N)C(=O)N(C)Cc1cc(C#N)ccc1F. The van der Waals surface area contributed by atoms with Crippen molar-refractivity contribution >= 4 is 5.91 Å². The predicted octanol–water partition coefficient (Wildman–Crippen LogP) is 1.78. The second-order valence-corrected chi connectivity index (χ2v) is 4.51. The summed E-state index contributed by atoms with van der Waals surface area (Å²) in [5.74, 6) is -0.647. The van der Waals surface area contributed by atoms with Gasteiger partial charge in [-0.2, -0.15) is 5.26 Å². The van der Waals surface area contributed by atoms with Crippen molar-refractivity contribution < 1.29 is 9.18 Å². The van der Waals surface area contributed by atoms with Gasteiger partial charge in [-0.3, -0.25) is 4.79 Å². The molecule has 0 unspecified atom stereocenters. The molecule has 0 aromatic heterocycles. The average molecular weight is 263 g/mol. The van der Waals surface area contributed by atoms with E-state index >= 15 is 0 Å². The van der Waals surface area contributed by atoms with Gasteiger partial charge in [0.25, 0.3) is 0 Å². The van der Waals surface area contributed by atoms with Gasteiger partial charge in [-0.15, -0.1) is 0 Å². The fourth-order valence-electron chi connectivity index (χ4n) is 1.82. The molecule has 1 aromatic rings. The van der Waals surface area contributed by atoms with Crippen molar-refractivity contribution in [2.45, 2.75) is 32.4 Å². The van der Waals surface area contributed by atoms with Crippen molar-refractivity contribution in [3.05, 3.63) is 35.1 Å². The van der Waals surface area contributed by atoms with Crippen LogP contribution >= 0.6 is 0 Å². The standard InChI is InChI=1S/C14H18FN3O/c1-3-4-13(17)14(19)18(2)9-11-7-10(8-16)5-6-12(11)15/h5-7,13H,3-4,9,17H2,1-2H3/t13-/m0/s1. The van der Waals surface area contributed by atoms with E-state index in [0.29, 0.717) is 17.5 Å². The lowest BCUT2D eigenvalue weighted by Gasteiger charge is -2.21. The first-order chi connectivity index (χ1) is 8.99. The summed E-state index contributed by atoms with van der Waals surface area (Å²) < 4.78 is 13.6. The molecule has 5 heteroatoms. The Hall–Kier alpha value is -1.93. The van der Waals surface area contributed by atoms with E-state index in [1.807, 2.05) is 13.0 Å². The lowest BCUT2D eigenvalue weighted by Crippen LogP contribution is -2.41. The Kier molecular flexibility index (Phi) is 5.46. The predicted molar refractivity (Wildman–Crippen MR) is 70.5 cm³/mol. The van der Waals surface area contributed by atoms with Gasteiger partial charge in [0.2, 0.25) is 5.91 Å². The number of carbonyl (C=O) groups is 1. The summed E-state index contributed by atoms with van der Waals surface area (Å²) in [5.41, 5.74) is 6.43. The van der Waals surface area contributed by atoms with Crippen LogP contribution < -0.4 is 5.73 Å². The van der Waals surface area contributed by atoms with Crippen LogP contribution in [0.3, 0.4) is 0 Å². The normalized spacial score (nSPS) is 11.7. The summed E-state index contributed by atoms with van der Waals surface area (Å²) in [7, 11) is 1.58. The summed E-state index contributed by atoms with van der Waals surface area (Å²) in [6, 6.07) is 5.48. The number of nitrogens with two attached hydrogens (primary N) is 1. The van der Waals surface area contributed by atoms with E-state index in [9.17, 15) is 9.18 Å². The first-order valence-electron chi connectivity index (χ1n) is 6.18. The molecule has 0 fully saturated rings. The average Bonchev–Trinajstić information content (AvgIpc) is 2.40. The summed E-state index contributed by atoms with van der Waals surface area (Å²) in [4.78, 5) is 13.3. The van der Waals surface area contributed by atoms with Crippen LogP contribution in [0.25, 0.3) is 0 Å². The lowest BCUT2D eigenvalue weighted by molar-refractivity contribution is -0.132. The molecule has 0 spiro atoms. The summed E-state index contributed by atoms with van der Waals surface area (Å²) in [6.45, 7) is 2.06. The highest BCUT2D eigenvalue weighted by atomic mass is 19.1. The van der Waals surface area contributed by atoms with E-state index in [2.05, 4.69) is 0 Å². The number of hydrogen-bond acceptors (Lipinski definition) is 3. The Morgan fingerprint density at radius 3 is 2.84 bits per heavy atom. The summed E-state index contributed by atoms with van der Waals surface area (Å²) >= 11 is 0. The van der Waals surface area contributed by atoms with Gasteiger partial charge in [-0.1, -0.05) is 13.3 Å². The highest BCUT2D eigenvalue weighted by molar-refractivity contribution is 5.81. The molecule has 1 atom stereocenters. The van der Waals surface area contributed by atoms with Gasteiger partial charge in [0, 0.05) is 19.2 Å². The van der Waals surface area contributed by atoms with Gasteiger partial charge in [-0.05, 0) is 24.6 Å². The number of halogens is 1. The third-order valence-corrected chi connectivity index (χ3v) is 2.88. The van der Waals surface area contributed by atoms with Crippen LogP contribution in [-0.4, -0.2) is 23.9 Å². The van der Waals surface area contributed by atoms with Crippen LogP contribution in [0.5, 0.6) is 0 Å². The topological polar surface area (TPSA) is 70.1 Å². The zero-order valence-corrected chi connectivity index (χ0v) is 11.2. The number of hydrogen-bond donors (Lipinski definition) is 1. The monoisotopic (exact) mass is 263 g/mol. The number of rotatable bonds is 5. The fourth-order valence-corrected chi connectivity index (χ4v) is 1.82. The Bertz CT molecular complexity index is 496. The third-order valence-electron chi connectivity index (χ3n) is 2.88. The van der Waals surface area contributed by atoms with E-state index in [-0.39, 0.29) is 12.5 Å². The van der Waals surface area contributed by atoms with Crippen molar-refractivity contribution in [3.63, 3.8) is 0 Å². The maximum absolute atomic E-state index is 13.6. The second kappa shape index (κ2) is 6.86. The molecular formula is C14H18FN3O. The fraction of sp³-hybridized carbons (Fsp3) is 0.429. The second-order valence-electron chi connectivity index (χ2n) is 4.51. The van der Waals surface area contributed by atoms with E-state index in [1.165, 1.54) is 23.1 Å². The quantitative estimate of drug-likeness (QED) is 0.880. The molecule has 1 rings (SSSR count). The molecule has 1 amide bonds. The highest BCUT2D eigenvalue weighted by Gasteiger charge is 2.18. The smallest absolute Gasteiger partial charge is 0.239 e. The van der Waals surface area contributed by atoms with Crippen molar-refractivity contribution in [3.8, 4) is 6.07 Å².